The maximum absolute atomic E-state index is 12.5. The van der Waals surface area contributed by atoms with E-state index >= 15 is 0 Å². The zero-order valence-electron chi connectivity index (χ0n) is 48.7. The highest BCUT2D eigenvalue weighted by Gasteiger charge is 2.18. The van der Waals surface area contributed by atoms with E-state index in [2.05, 4.69) is 43.5 Å². The van der Waals surface area contributed by atoms with E-state index in [4.69, 9.17) is 4.74 Å². The molecule has 0 rings (SSSR count). The summed E-state index contributed by atoms with van der Waals surface area (Å²) in [5.74, 6) is -0.127. The third-order valence-electron chi connectivity index (χ3n) is 15.0. The molecule has 430 valence electrons. The lowest BCUT2D eigenvalue weighted by Gasteiger charge is -2.20. The smallest absolute Gasteiger partial charge is 0.305 e. The Morgan fingerprint density at radius 1 is 0.411 bits per heavy atom. The quantitative estimate of drug-likeness (QED) is 0.0274. The van der Waals surface area contributed by atoms with E-state index in [0.29, 0.717) is 25.9 Å². The van der Waals surface area contributed by atoms with E-state index in [0.717, 1.165) is 57.8 Å². The molecule has 0 aliphatic heterocycles. The number of carbonyl (C=O) groups is 2. The third-order valence-corrected chi connectivity index (χ3v) is 15.0. The van der Waals surface area contributed by atoms with Crippen LogP contribution in [-0.2, 0) is 14.3 Å². The standard InChI is InChI=1S/C66H125NO6/c1-3-5-7-9-11-13-14-15-30-34-37-41-45-49-53-57-66(72)73-60-54-50-46-42-38-35-32-29-27-25-23-21-19-17-16-18-20-22-24-26-28-31-33-36-40-44-48-52-56-65(71)67-63(61-68)64(70)59-58-62(69)55-51-47-43-39-12-10-8-6-4-2/h11,13,15,30,58-59,62-64,68-70H,3-10,12,14,16-29,31-57,60-61H2,1-2H3,(H,67,71)/b13-11-,30-15-,59-58+/t62-,63+,64-/m1/s1. The number of allylic oxidation sites excluding steroid dienone is 4. The van der Waals surface area contributed by atoms with Crippen molar-refractivity contribution in [2.45, 2.75) is 360 Å². The van der Waals surface area contributed by atoms with Gasteiger partial charge in [0, 0.05) is 12.8 Å². The second kappa shape index (κ2) is 60.9. The number of hydrogen-bond acceptors (Lipinski definition) is 6. The number of rotatable bonds is 60. The molecule has 7 heteroatoms. The second-order valence-corrected chi connectivity index (χ2v) is 22.3. The van der Waals surface area contributed by atoms with Crippen LogP contribution in [0, 0.1) is 0 Å². The van der Waals surface area contributed by atoms with Gasteiger partial charge < -0.3 is 25.4 Å². The fraction of sp³-hybridized carbons (Fsp3) is 0.879. The summed E-state index contributed by atoms with van der Waals surface area (Å²) < 4.78 is 5.48. The van der Waals surface area contributed by atoms with Crippen LogP contribution < -0.4 is 5.32 Å². The van der Waals surface area contributed by atoms with Crippen LogP contribution in [0.15, 0.2) is 36.5 Å². The van der Waals surface area contributed by atoms with Gasteiger partial charge in [0.2, 0.25) is 5.91 Å². The number of amides is 1. The van der Waals surface area contributed by atoms with Gasteiger partial charge >= 0.3 is 5.97 Å². The predicted octanol–water partition coefficient (Wildman–Crippen LogP) is 19.3. The summed E-state index contributed by atoms with van der Waals surface area (Å²) in [4.78, 5) is 24.5. The Morgan fingerprint density at radius 2 is 0.753 bits per heavy atom. The number of ether oxygens (including phenoxy) is 1. The Kier molecular flexibility index (Phi) is 59.3. The summed E-state index contributed by atoms with van der Waals surface area (Å²) in [5.41, 5.74) is 0. The number of aliphatic hydroxyl groups is 3. The van der Waals surface area contributed by atoms with Crippen LogP contribution in [0.3, 0.4) is 0 Å². The molecule has 0 radical (unpaired) electrons. The largest absolute Gasteiger partial charge is 0.466 e. The molecule has 7 nitrogen and oxygen atoms in total. The average Bonchev–Trinajstić information content (AvgIpc) is 3.39. The Hall–Kier alpha value is -1.96. The molecule has 0 aromatic rings. The van der Waals surface area contributed by atoms with Gasteiger partial charge in [0.05, 0.1) is 31.5 Å². The fourth-order valence-electron chi connectivity index (χ4n) is 9.98. The summed E-state index contributed by atoms with van der Waals surface area (Å²) in [6.45, 7) is 4.77. The second-order valence-electron chi connectivity index (χ2n) is 22.3. The monoisotopic (exact) mass is 1030 g/mol. The molecule has 0 aromatic carbocycles. The van der Waals surface area contributed by atoms with Gasteiger partial charge in [-0.1, -0.05) is 307 Å². The van der Waals surface area contributed by atoms with Crippen molar-refractivity contribution < 1.29 is 29.6 Å². The molecule has 4 N–H and O–H groups in total. The molecule has 0 bridgehead atoms. The summed E-state index contributed by atoms with van der Waals surface area (Å²) >= 11 is 0. The Labute approximate surface area is 454 Å². The lowest BCUT2D eigenvalue weighted by molar-refractivity contribution is -0.143. The molecule has 0 saturated heterocycles. The molecule has 1 amide bonds. The maximum Gasteiger partial charge on any atom is 0.305 e. The molecule has 0 aliphatic carbocycles. The van der Waals surface area contributed by atoms with Gasteiger partial charge in [-0.15, -0.1) is 0 Å². The van der Waals surface area contributed by atoms with E-state index in [1.54, 1.807) is 6.08 Å². The summed E-state index contributed by atoms with van der Waals surface area (Å²) in [6.07, 6.45) is 73.7. The lowest BCUT2D eigenvalue weighted by Crippen LogP contribution is -2.45. The van der Waals surface area contributed by atoms with Gasteiger partial charge in [-0.05, 0) is 57.8 Å². The highest BCUT2D eigenvalue weighted by molar-refractivity contribution is 5.76. The van der Waals surface area contributed by atoms with Crippen LogP contribution in [0.4, 0.5) is 0 Å². The Morgan fingerprint density at radius 3 is 1.18 bits per heavy atom. The lowest BCUT2D eigenvalue weighted by atomic mass is 10.0. The van der Waals surface area contributed by atoms with Crippen LogP contribution in [-0.4, -0.2) is 58.7 Å². The van der Waals surface area contributed by atoms with E-state index in [1.165, 1.54) is 256 Å². The number of unbranched alkanes of at least 4 members (excludes halogenated alkanes) is 43. The van der Waals surface area contributed by atoms with Crippen LogP contribution >= 0.6 is 0 Å². The van der Waals surface area contributed by atoms with Crippen molar-refractivity contribution in [3.8, 4) is 0 Å². The summed E-state index contributed by atoms with van der Waals surface area (Å²) in [5, 5.41) is 33.3. The summed E-state index contributed by atoms with van der Waals surface area (Å²) in [6, 6.07) is -0.747. The van der Waals surface area contributed by atoms with Gasteiger partial charge in [0.25, 0.3) is 0 Å². The number of carbonyl (C=O) groups excluding carboxylic acids is 2. The van der Waals surface area contributed by atoms with Crippen molar-refractivity contribution >= 4 is 11.9 Å². The number of aliphatic hydroxyl groups excluding tert-OH is 3. The average molecular weight is 1030 g/mol. The normalized spacial score (nSPS) is 13.2. The minimum atomic E-state index is -1.02. The topological polar surface area (TPSA) is 116 Å². The van der Waals surface area contributed by atoms with E-state index in [1.807, 2.05) is 0 Å². The van der Waals surface area contributed by atoms with Crippen molar-refractivity contribution in [1.82, 2.24) is 5.32 Å². The first kappa shape index (κ1) is 71.0. The molecular formula is C66H125NO6. The minimum Gasteiger partial charge on any atom is -0.466 e. The molecule has 0 aliphatic rings. The van der Waals surface area contributed by atoms with Gasteiger partial charge in [-0.2, -0.15) is 0 Å². The van der Waals surface area contributed by atoms with E-state index < -0.39 is 18.2 Å². The summed E-state index contributed by atoms with van der Waals surface area (Å²) in [7, 11) is 0. The molecule has 73 heavy (non-hydrogen) atoms. The molecule has 0 aromatic heterocycles. The van der Waals surface area contributed by atoms with Crippen LogP contribution in [0.2, 0.25) is 0 Å². The molecule has 0 fully saturated rings. The SMILES string of the molecule is CCCCC/C=C\C/C=C\CCCCCCCC(=O)OCCCCCCCCCCCCCCCCCCCCCCCCCCCCCCC(=O)N[C@@H](CO)[C@H](O)/C=C/[C@H](O)CCCCCCCCCCC. The van der Waals surface area contributed by atoms with Crippen LogP contribution in [0.1, 0.15) is 341 Å². The zero-order chi connectivity index (χ0) is 53.0. The highest BCUT2D eigenvalue weighted by Crippen LogP contribution is 2.18. The van der Waals surface area contributed by atoms with Crippen molar-refractivity contribution in [2.24, 2.45) is 0 Å². The molecule has 0 saturated carbocycles. The van der Waals surface area contributed by atoms with Gasteiger partial charge in [0.15, 0.2) is 0 Å². The Bertz CT molecular complexity index is 1200. The molecule has 3 atom stereocenters. The minimum absolute atomic E-state index is 0.00178. The van der Waals surface area contributed by atoms with Crippen molar-refractivity contribution in [1.29, 1.82) is 0 Å². The van der Waals surface area contributed by atoms with E-state index in [9.17, 15) is 24.9 Å². The van der Waals surface area contributed by atoms with Gasteiger partial charge in [0.1, 0.15) is 0 Å². The van der Waals surface area contributed by atoms with E-state index in [-0.39, 0.29) is 18.5 Å². The first-order valence-electron chi connectivity index (χ1n) is 32.3. The number of esters is 1. The molecular weight excluding hydrogens is 903 g/mol. The molecule has 0 spiro atoms. The zero-order valence-corrected chi connectivity index (χ0v) is 48.7. The maximum atomic E-state index is 12.5. The fourth-order valence-corrected chi connectivity index (χ4v) is 9.98. The first-order chi connectivity index (χ1) is 35.9. The van der Waals surface area contributed by atoms with Crippen molar-refractivity contribution in [2.75, 3.05) is 13.2 Å². The molecule has 0 heterocycles. The Balaban J connectivity index is 3.39. The number of nitrogens with one attached hydrogen (secondary N) is 1. The van der Waals surface area contributed by atoms with Crippen molar-refractivity contribution in [3.63, 3.8) is 0 Å². The first-order valence-corrected chi connectivity index (χ1v) is 32.3. The molecule has 0 unspecified atom stereocenters. The van der Waals surface area contributed by atoms with Gasteiger partial charge in [-0.25, -0.2) is 0 Å². The predicted molar refractivity (Wildman–Crippen MR) is 316 cm³/mol. The number of hydrogen-bond donors (Lipinski definition) is 4. The van der Waals surface area contributed by atoms with Crippen molar-refractivity contribution in [3.05, 3.63) is 36.5 Å². The van der Waals surface area contributed by atoms with Crippen LogP contribution in [0.25, 0.3) is 0 Å². The van der Waals surface area contributed by atoms with Gasteiger partial charge in [-0.3, -0.25) is 9.59 Å². The third kappa shape index (κ3) is 57.6. The highest BCUT2D eigenvalue weighted by atomic mass is 16.5. The van der Waals surface area contributed by atoms with Crippen LogP contribution in [0.5, 0.6) is 0 Å².